The fraction of sp³-hybridized carbons (Fsp3) is 0.424. The molecule has 6 rings (SSSR count). The number of rotatable bonds is 16. The smallest absolute Gasteiger partial charge is 0.292 e. The van der Waals surface area contributed by atoms with Gasteiger partial charge in [0.1, 0.15) is 30.0 Å². The van der Waals surface area contributed by atoms with Crippen LogP contribution in [0.5, 0.6) is 0 Å². The molecule has 0 unspecified atom stereocenters. The van der Waals surface area contributed by atoms with E-state index in [0.717, 1.165) is 36.1 Å². The standard InChI is InChI=1S/C33H40N8O6/c1-2-9-43-10-11-44-12-13-45-14-15-46-20-28(42)40-8-7-23-16-22(3-4-25(23)19-40)18-41-32-29(31(34)36-21-37-32)30(39-41)24-5-6-27-26(17-24)38-33(35)47-27/h3-6,16-17,21H,2,7-15,18-20H2,1H3,(H2,35,38)(H2,34,36,37). The van der Waals surface area contributed by atoms with Gasteiger partial charge in [-0.1, -0.05) is 25.1 Å². The summed E-state index contributed by atoms with van der Waals surface area (Å²) in [4.78, 5) is 27.6. The topological polar surface area (TPSA) is 179 Å². The average Bonchev–Trinajstić information content (AvgIpc) is 3.64. The van der Waals surface area contributed by atoms with Gasteiger partial charge in [0, 0.05) is 25.3 Å². The molecule has 0 radical (unpaired) electrons. The first-order valence-electron chi connectivity index (χ1n) is 15.8. The quantitative estimate of drug-likeness (QED) is 0.150. The molecule has 47 heavy (non-hydrogen) atoms. The second kappa shape index (κ2) is 15.3. The molecular formula is C33H40N8O6. The Morgan fingerprint density at radius 3 is 2.47 bits per heavy atom. The van der Waals surface area contributed by atoms with E-state index in [4.69, 9.17) is 39.9 Å². The van der Waals surface area contributed by atoms with Crippen LogP contribution < -0.4 is 11.5 Å². The number of ether oxygens (including phenoxy) is 4. The number of nitrogen functional groups attached to an aromatic ring is 2. The average molecular weight is 645 g/mol. The van der Waals surface area contributed by atoms with Crippen LogP contribution in [0.2, 0.25) is 0 Å². The van der Waals surface area contributed by atoms with Crippen molar-refractivity contribution in [2.75, 3.05) is 70.9 Å². The van der Waals surface area contributed by atoms with Gasteiger partial charge in [-0.15, -0.1) is 0 Å². The number of oxazole rings is 1. The van der Waals surface area contributed by atoms with E-state index in [0.29, 0.717) is 92.9 Å². The summed E-state index contributed by atoms with van der Waals surface area (Å²) < 4.78 is 29.2. The molecule has 0 atom stereocenters. The Bertz CT molecular complexity index is 1820. The van der Waals surface area contributed by atoms with Crippen molar-refractivity contribution in [3.05, 3.63) is 59.4 Å². The van der Waals surface area contributed by atoms with Gasteiger partial charge in [-0.25, -0.2) is 14.6 Å². The molecule has 3 aromatic heterocycles. The lowest BCUT2D eigenvalue weighted by Crippen LogP contribution is -2.38. The summed E-state index contributed by atoms with van der Waals surface area (Å²) in [6.07, 6.45) is 3.20. The highest BCUT2D eigenvalue weighted by Gasteiger charge is 2.22. The number of carbonyl (C=O) groups is 1. The van der Waals surface area contributed by atoms with Crippen molar-refractivity contribution in [2.45, 2.75) is 32.9 Å². The maximum Gasteiger partial charge on any atom is 0.292 e. The van der Waals surface area contributed by atoms with Crippen LogP contribution in [0.25, 0.3) is 33.4 Å². The van der Waals surface area contributed by atoms with Crippen LogP contribution in [0.3, 0.4) is 0 Å². The SMILES string of the molecule is CCCOCCOCCOCCOCC(=O)N1CCc2cc(Cn3nc(-c4ccc5oc(N)nc5c4)c4c(N)ncnc43)ccc2C1. The molecule has 14 heteroatoms. The molecule has 0 fully saturated rings. The predicted octanol–water partition coefficient (Wildman–Crippen LogP) is 3.21. The Hall–Kier alpha value is -4.63. The van der Waals surface area contributed by atoms with E-state index in [-0.39, 0.29) is 18.5 Å². The number of hydrogen-bond acceptors (Lipinski definition) is 12. The molecule has 0 saturated heterocycles. The molecular weight excluding hydrogens is 604 g/mol. The Morgan fingerprint density at radius 2 is 1.68 bits per heavy atom. The number of anilines is 2. The summed E-state index contributed by atoms with van der Waals surface area (Å²) in [6.45, 7) is 7.40. The number of amides is 1. The lowest BCUT2D eigenvalue weighted by Gasteiger charge is -2.29. The van der Waals surface area contributed by atoms with Crippen molar-refractivity contribution in [1.29, 1.82) is 0 Å². The summed E-state index contributed by atoms with van der Waals surface area (Å²) in [6, 6.07) is 12.0. The highest BCUT2D eigenvalue weighted by molar-refractivity contribution is 5.99. The minimum Gasteiger partial charge on any atom is -0.424 e. The maximum absolute atomic E-state index is 12.8. The van der Waals surface area contributed by atoms with E-state index in [1.165, 1.54) is 11.9 Å². The van der Waals surface area contributed by atoms with Crippen molar-refractivity contribution in [2.24, 2.45) is 0 Å². The van der Waals surface area contributed by atoms with Gasteiger partial charge in [0.15, 0.2) is 11.2 Å². The van der Waals surface area contributed by atoms with E-state index in [1.807, 2.05) is 27.8 Å². The fourth-order valence-corrected chi connectivity index (χ4v) is 5.58. The summed E-state index contributed by atoms with van der Waals surface area (Å²) in [5.74, 6) is 0.311. The minimum absolute atomic E-state index is 0.0265. The monoisotopic (exact) mass is 644 g/mol. The van der Waals surface area contributed by atoms with Crippen LogP contribution in [-0.4, -0.2) is 94.9 Å². The van der Waals surface area contributed by atoms with Crippen molar-refractivity contribution < 1.29 is 28.2 Å². The van der Waals surface area contributed by atoms with Crippen molar-refractivity contribution in [3.63, 3.8) is 0 Å². The van der Waals surface area contributed by atoms with Gasteiger partial charge in [-0.3, -0.25) is 4.79 Å². The van der Waals surface area contributed by atoms with E-state index >= 15 is 0 Å². The molecule has 0 aliphatic carbocycles. The summed E-state index contributed by atoms with van der Waals surface area (Å²) in [7, 11) is 0. The molecule has 14 nitrogen and oxygen atoms in total. The third-order valence-corrected chi connectivity index (χ3v) is 7.89. The van der Waals surface area contributed by atoms with E-state index < -0.39 is 0 Å². The van der Waals surface area contributed by atoms with Crippen molar-refractivity contribution >= 4 is 39.9 Å². The van der Waals surface area contributed by atoms with Gasteiger partial charge < -0.3 is 39.7 Å². The number of hydrogen-bond donors (Lipinski definition) is 2. The molecule has 0 saturated carbocycles. The molecule has 4 N–H and O–H groups in total. The molecule has 2 aromatic carbocycles. The molecule has 1 aliphatic rings. The first-order chi connectivity index (χ1) is 23.0. The summed E-state index contributed by atoms with van der Waals surface area (Å²) >= 11 is 0. The van der Waals surface area contributed by atoms with Crippen molar-refractivity contribution in [1.82, 2.24) is 29.6 Å². The number of fused-ring (bicyclic) bond motifs is 3. The van der Waals surface area contributed by atoms with Gasteiger partial charge in [-0.2, -0.15) is 10.1 Å². The van der Waals surface area contributed by atoms with E-state index in [1.54, 1.807) is 0 Å². The minimum atomic E-state index is -0.0329. The maximum atomic E-state index is 12.8. The molecule has 5 aromatic rings. The number of aromatic nitrogens is 5. The van der Waals surface area contributed by atoms with Gasteiger partial charge in [0.25, 0.3) is 6.01 Å². The molecule has 0 spiro atoms. The van der Waals surface area contributed by atoms with Gasteiger partial charge >= 0.3 is 0 Å². The second-order valence-corrected chi connectivity index (χ2v) is 11.3. The van der Waals surface area contributed by atoms with E-state index in [9.17, 15) is 4.79 Å². The van der Waals surface area contributed by atoms with E-state index in [2.05, 4.69) is 40.1 Å². The molecule has 1 amide bonds. The van der Waals surface area contributed by atoms with Crippen LogP contribution in [0.1, 0.15) is 30.0 Å². The summed E-state index contributed by atoms with van der Waals surface area (Å²) in [5.41, 5.74) is 18.8. The third kappa shape index (κ3) is 7.85. The van der Waals surface area contributed by atoms with Crippen LogP contribution in [-0.2, 0) is 43.3 Å². The largest absolute Gasteiger partial charge is 0.424 e. The van der Waals surface area contributed by atoms with Crippen LogP contribution >= 0.6 is 0 Å². The molecule has 0 bridgehead atoms. The second-order valence-electron chi connectivity index (χ2n) is 11.3. The van der Waals surface area contributed by atoms with Gasteiger partial charge in [0.05, 0.1) is 51.6 Å². The van der Waals surface area contributed by atoms with Gasteiger partial charge in [0.2, 0.25) is 5.91 Å². The van der Waals surface area contributed by atoms with Crippen LogP contribution in [0.15, 0.2) is 47.1 Å². The Kier molecular flexibility index (Phi) is 10.5. The third-order valence-electron chi connectivity index (χ3n) is 7.89. The zero-order chi connectivity index (χ0) is 32.6. The zero-order valence-electron chi connectivity index (χ0n) is 26.5. The molecule has 1 aliphatic heterocycles. The lowest BCUT2D eigenvalue weighted by atomic mass is 9.97. The first-order valence-corrected chi connectivity index (χ1v) is 15.8. The zero-order valence-corrected chi connectivity index (χ0v) is 26.5. The lowest BCUT2D eigenvalue weighted by molar-refractivity contribution is -0.137. The van der Waals surface area contributed by atoms with Gasteiger partial charge in [-0.05, 0) is 47.7 Å². The summed E-state index contributed by atoms with van der Waals surface area (Å²) in [5, 5.41) is 5.58. The Balaban J connectivity index is 1.02. The number of nitrogens with two attached hydrogens (primary N) is 2. The van der Waals surface area contributed by atoms with Crippen LogP contribution in [0.4, 0.5) is 11.8 Å². The highest BCUT2D eigenvalue weighted by Crippen LogP contribution is 2.33. The normalized spacial score (nSPS) is 13.1. The van der Waals surface area contributed by atoms with Crippen LogP contribution in [0, 0.1) is 0 Å². The highest BCUT2D eigenvalue weighted by atomic mass is 16.6. The molecule has 4 heterocycles. The predicted molar refractivity (Wildman–Crippen MR) is 175 cm³/mol. The fourth-order valence-electron chi connectivity index (χ4n) is 5.58. The number of benzene rings is 2. The Morgan fingerprint density at radius 1 is 0.915 bits per heavy atom. The van der Waals surface area contributed by atoms with Crippen molar-refractivity contribution in [3.8, 4) is 11.3 Å². The number of nitrogens with zero attached hydrogens (tertiary/aromatic N) is 6. The number of carbonyl (C=O) groups excluding carboxylic acids is 1. The molecule has 248 valence electrons. The first kappa shape index (κ1) is 32.3. The Labute approximate surface area is 271 Å².